The molecule has 0 fully saturated rings. The van der Waals surface area contributed by atoms with Crippen LogP contribution in [0.15, 0.2) is 71.9 Å². The Labute approximate surface area is 183 Å². The van der Waals surface area contributed by atoms with E-state index < -0.39 is 0 Å². The first-order valence-electron chi connectivity index (χ1n) is 8.82. The van der Waals surface area contributed by atoms with Gasteiger partial charge in [-0.3, -0.25) is 4.79 Å². The number of halogens is 3. The van der Waals surface area contributed by atoms with Gasteiger partial charge >= 0.3 is 0 Å². The number of para-hydroxylation sites is 1. The Morgan fingerprint density at radius 1 is 0.862 bits per heavy atom. The van der Waals surface area contributed by atoms with Crippen LogP contribution in [0.4, 0.5) is 5.69 Å². The van der Waals surface area contributed by atoms with Crippen molar-refractivity contribution in [1.29, 1.82) is 0 Å². The highest BCUT2D eigenvalue weighted by Gasteiger charge is 2.34. The lowest BCUT2D eigenvalue weighted by molar-refractivity contribution is -0.112. The van der Waals surface area contributed by atoms with E-state index in [1.54, 1.807) is 29.2 Å². The fourth-order valence-corrected chi connectivity index (χ4v) is 3.53. The number of benzene rings is 3. The van der Waals surface area contributed by atoms with Crippen LogP contribution < -0.4 is 4.90 Å². The molecule has 1 aliphatic rings. The van der Waals surface area contributed by atoms with E-state index in [4.69, 9.17) is 39.6 Å². The second kappa shape index (κ2) is 8.46. The van der Waals surface area contributed by atoms with Gasteiger partial charge in [0.05, 0.1) is 22.3 Å². The lowest BCUT2D eigenvalue weighted by Crippen LogP contribution is -2.29. The molecule has 4 nitrogen and oxygen atoms in total. The molecule has 1 amide bonds. The highest BCUT2D eigenvalue weighted by molar-refractivity contribution is 6.54. The van der Waals surface area contributed by atoms with Crippen molar-refractivity contribution in [2.75, 3.05) is 4.90 Å². The second-order valence-corrected chi connectivity index (χ2v) is 7.75. The molecule has 0 radical (unpaired) electrons. The number of anilines is 1. The van der Waals surface area contributed by atoms with Gasteiger partial charge in [0.15, 0.2) is 5.71 Å². The monoisotopic (exact) mass is 444 g/mol. The molecule has 0 atom stereocenters. The van der Waals surface area contributed by atoms with Crippen LogP contribution in [0.3, 0.4) is 0 Å². The maximum Gasteiger partial charge on any atom is 0.281 e. The first-order valence-corrected chi connectivity index (χ1v) is 9.96. The van der Waals surface area contributed by atoms with Crippen LogP contribution in [0.1, 0.15) is 16.7 Å². The summed E-state index contributed by atoms with van der Waals surface area (Å²) >= 11 is 18.0. The van der Waals surface area contributed by atoms with Crippen molar-refractivity contribution in [2.45, 2.75) is 13.2 Å². The summed E-state index contributed by atoms with van der Waals surface area (Å²) in [6.07, 6.45) is 0. The molecule has 0 saturated heterocycles. The van der Waals surface area contributed by atoms with E-state index in [0.29, 0.717) is 21.6 Å². The summed E-state index contributed by atoms with van der Waals surface area (Å²) in [5.41, 5.74) is 3.55. The number of rotatable bonds is 5. The normalized spacial score (nSPS) is 14.4. The summed E-state index contributed by atoms with van der Waals surface area (Å²) < 4.78 is 0. The van der Waals surface area contributed by atoms with E-state index >= 15 is 0 Å². The predicted octanol–water partition coefficient (Wildman–Crippen LogP) is 6.11. The number of nitrogens with zero attached hydrogens (tertiary/aromatic N) is 2. The fraction of sp³-hybridized carbons (Fsp3) is 0.0909. The zero-order valence-corrected chi connectivity index (χ0v) is 17.4. The quantitative estimate of drug-likeness (QED) is 0.444. The minimum Gasteiger partial charge on any atom is -0.390 e. The van der Waals surface area contributed by atoms with Gasteiger partial charge in [-0.1, -0.05) is 76.4 Å². The second-order valence-electron chi connectivity index (χ2n) is 6.50. The SMILES string of the molecule is O=C1/C(=N/OCc2ccc(Cl)cc2)c2ccccc2N1Cc1ccc(Cl)c(Cl)c1. The van der Waals surface area contributed by atoms with Gasteiger partial charge in [-0.05, 0) is 41.5 Å². The maximum atomic E-state index is 13.0. The van der Waals surface area contributed by atoms with Crippen molar-refractivity contribution in [1.82, 2.24) is 0 Å². The van der Waals surface area contributed by atoms with Crippen molar-refractivity contribution in [3.63, 3.8) is 0 Å². The lowest BCUT2D eigenvalue weighted by atomic mass is 10.1. The summed E-state index contributed by atoms with van der Waals surface area (Å²) in [7, 11) is 0. The Morgan fingerprint density at radius 3 is 2.34 bits per heavy atom. The number of carbonyl (C=O) groups is 1. The zero-order valence-electron chi connectivity index (χ0n) is 15.1. The molecule has 3 aromatic carbocycles. The number of carbonyl (C=O) groups excluding carboxylic acids is 1. The average molecular weight is 446 g/mol. The molecule has 146 valence electrons. The molecule has 1 aliphatic heterocycles. The first-order chi connectivity index (χ1) is 14.0. The van der Waals surface area contributed by atoms with Crippen LogP contribution in [0.25, 0.3) is 0 Å². The molecule has 7 heteroatoms. The van der Waals surface area contributed by atoms with Crippen LogP contribution in [-0.2, 0) is 22.8 Å². The van der Waals surface area contributed by atoms with Gasteiger partial charge in [0.2, 0.25) is 0 Å². The summed E-state index contributed by atoms with van der Waals surface area (Å²) in [6.45, 7) is 0.589. The molecule has 3 aromatic rings. The molecule has 29 heavy (non-hydrogen) atoms. The Hall–Kier alpha value is -2.53. The summed E-state index contributed by atoms with van der Waals surface area (Å²) in [5, 5.41) is 5.70. The minimum atomic E-state index is -0.228. The van der Waals surface area contributed by atoms with Gasteiger partial charge in [-0.25, -0.2) is 0 Å². The standard InChI is InChI=1S/C22H15Cl3N2O2/c23-16-8-5-14(6-9-16)13-29-26-21-17-3-1-2-4-20(17)27(22(21)28)12-15-7-10-18(24)19(25)11-15/h1-11H,12-13H2/b26-21+. The van der Waals surface area contributed by atoms with Crippen molar-refractivity contribution < 1.29 is 9.63 Å². The third kappa shape index (κ3) is 4.25. The Bertz CT molecular complexity index is 1100. The molecule has 0 aliphatic carbocycles. The largest absolute Gasteiger partial charge is 0.390 e. The molecule has 0 saturated carbocycles. The highest BCUT2D eigenvalue weighted by Crippen LogP contribution is 2.32. The number of oxime groups is 1. The van der Waals surface area contributed by atoms with E-state index in [1.807, 2.05) is 42.5 Å². The van der Waals surface area contributed by atoms with Crippen LogP contribution in [0.5, 0.6) is 0 Å². The summed E-state index contributed by atoms with van der Waals surface area (Å²) in [4.78, 5) is 20.2. The minimum absolute atomic E-state index is 0.228. The Morgan fingerprint density at radius 2 is 1.59 bits per heavy atom. The molecule has 0 aromatic heterocycles. The van der Waals surface area contributed by atoms with E-state index in [1.165, 1.54) is 0 Å². The molecule has 0 spiro atoms. The number of hydrogen-bond donors (Lipinski definition) is 0. The summed E-state index contributed by atoms with van der Waals surface area (Å²) in [6, 6.07) is 20.1. The van der Waals surface area contributed by atoms with Crippen molar-refractivity contribution in [3.05, 3.63) is 98.5 Å². The van der Waals surface area contributed by atoms with Gasteiger partial charge in [0.25, 0.3) is 5.91 Å². The van der Waals surface area contributed by atoms with Gasteiger partial charge in [0, 0.05) is 10.6 Å². The number of amides is 1. The molecular formula is C22H15Cl3N2O2. The van der Waals surface area contributed by atoms with Crippen molar-refractivity contribution >= 4 is 52.1 Å². The first kappa shape index (κ1) is 19.8. The molecule has 0 unspecified atom stereocenters. The maximum absolute atomic E-state index is 13.0. The van der Waals surface area contributed by atoms with Gasteiger partial charge < -0.3 is 9.74 Å². The molecular weight excluding hydrogens is 431 g/mol. The van der Waals surface area contributed by atoms with Crippen LogP contribution in [0, 0.1) is 0 Å². The van der Waals surface area contributed by atoms with E-state index in [9.17, 15) is 4.79 Å². The van der Waals surface area contributed by atoms with E-state index in [-0.39, 0.29) is 18.2 Å². The van der Waals surface area contributed by atoms with Crippen LogP contribution >= 0.6 is 34.8 Å². The fourth-order valence-electron chi connectivity index (χ4n) is 3.08. The van der Waals surface area contributed by atoms with Gasteiger partial charge in [-0.15, -0.1) is 0 Å². The Balaban J connectivity index is 1.56. The number of fused-ring (bicyclic) bond motifs is 1. The van der Waals surface area contributed by atoms with Crippen molar-refractivity contribution in [3.8, 4) is 0 Å². The average Bonchev–Trinajstić information content (AvgIpc) is 2.98. The highest BCUT2D eigenvalue weighted by atomic mass is 35.5. The van der Waals surface area contributed by atoms with Gasteiger partial charge in [0.1, 0.15) is 6.61 Å². The molecule has 1 heterocycles. The molecule has 0 N–H and O–H groups in total. The molecule has 4 rings (SSSR count). The number of hydrogen-bond acceptors (Lipinski definition) is 3. The van der Waals surface area contributed by atoms with Gasteiger partial charge in [-0.2, -0.15) is 0 Å². The van der Waals surface area contributed by atoms with E-state index in [2.05, 4.69) is 5.16 Å². The Kier molecular flexibility index (Phi) is 5.76. The van der Waals surface area contributed by atoms with Crippen LogP contribution in [-0.4, -0.2) is 11.6 Å². The topological polar surface area (TPSA) is 41.9 Å². The van der Waals surface area contributed by atoms with E-state index in [0.717, 1.165) is 22.4 Å². The lowest BCUT2D eigenvalue weighted by Gasteiger charge is -2.17. The smallest absolute Gasteiger partial charge is 0.281 e. The predicted molar refractivity (Wildman–Crippen MR) is 117 cm³/mol. The summed E-state index contributed by atoms with van der Waals surface area (Å²) in [5.74, 6) is -0.228. The third-order valence-electron chi connectivity index (χ3n) is 4.52. The molecule has 0 bridgehead atoms. The zero-order chi connectivity index (χ0) is 20.4. The van der Waals surface area contributed by atoms with Crippen molar-refractivity contribution in [2.24, 2.45) is 5.16 Å². The third-order valence-corrected chi connectivity index (χ3v) is 5.51. The van der Waals surface area contributed by atoms with Crippen LogP contribution in [0.2, 0.25) is 15.1 Å².